The summed E-state index contributed by atoms with van der Waals surface area (Å²) in [5.74, 6) is 0.710. The molecule has 0 atom stereocenters. The van der Waals surface area contributed by atoms with Gasteiger partial charge in [0, 0.05) is 16.6 Å². The summed E-state index contributed by atoms with van der Waals surface area (Å²) >= 11 is 5.96. The molecular formula is C14H16ClN3O. The Bertz CT molecular complexity index is 604. The molecule has 0 bridgehead atoms. The van der Waals surface area contributed by atoms with Crippen molar-refractivity contribution in [1.82, 2.24) is 14.8 Å². The number of ketones is 1. The molecule has 0 aliphatic heterocycles. The average Bonchev–Trinajstić information content (AvgIpc) is 2.80. The van der Waals surface area contributed by atoms with Crippen LogP contribution in [-0.2, 0) is 6.42 Å². The lowest BCUT2D eigenvalue weighted by Crippen LogP contribution is -2.13. The van der Waals surface area contributed by atoms with Crippen molar-refractivity contribution >= 4 is 17.4 Å². The molecule has 0 aliphatic carbocycles. The van der Waals surface area contributed by atoms with Gasteiger partial charge in [-0.2, -0.15) is 5.10 Å². The van der Waals surface area contributed by atoms with E-state index in [-0.39, 0.29) is 18.2 Å². The second-order valence-corrected chi connectivity index (χ2v) is 5.19. The Balaban J connectivity index is 2.21. The van der Waals surface area contributed by atoms with Gasteiger partial charge < -0.3 is 0 Å². The summed E-state index contributed by atoms with van der Waals surface area (Å²) in [6.45, 7) is 5.90. The molecule has 0 saturated carbocycles. The fraction of sp³-hybridized carbons (Fsp3) is 0.357. The van der Waals surface area contributed by atoms with Crippen LogP contribution in [0.5, 0.6) is 0 Å². The minimum Gasteiger partial charge on any atom is -0.294 e. The number of Topliss-reactive ketones (excluding diaryl/α,β-unsaturated/α-hetero) is 1. The minimum atomic E-state index is 0.0228. The first-order valence-corrected chi connectivity index (χ1v) is 6.54. The van der Waals surface area contributed by atoms with Gasteiger partial charge >= 0.3 is 0 Å². The van der Waals surface area contributed by atoms with E-state index in [2.05, 4.69) is 10.1 Å². The van der Waals surface area contributed by atoms with Gasteiger partial charge in [-0.1, -0.05) is 11.6 Å². The normalized spacial score (nSPS) is 11.0. The van der Waals surface area contributed by atoms with Gasteiger partial charge in [-0.15, -0.1) is 0 Å². The molecule has 0 N–H and O–H groups in total. The number of carbonyl (C=O) groups excluding carboxylic acids is 1. The Kier molecular flexibility index (Phi) is 4.00. The Morgan fingerprint density at radius 2 is 2.16 bits per heavy atom. The number of nitrogens with zero attached hydrogens (tertiary/aromatic N) is 3. The summed E-state index contributed by atoms with van der Waals surface area (Å²) in [5, 5.41) is 4.79. The summed E-state index contributed by atoms with van der Waals surface area (Å²) in [6.07, 6.45) is 1.73. The summed E-state index contributed by atoms with van der Waals surface area (Å²) in [7, 11) is 0. The van der Waals surface area contributed by atoms with Gasteiger partial charge in [0.1, 0.15) is 12.2 Å². The van der Waals surface area contributed by atoms with E-state index in [1.807, 2.05) is 20.8 Å². The first-order valence-electron chi connectivity index (χ1n) is 6.16. The van der Waals surface area contributed by atoms with Gasteiger partial charge in [-0.05, 0) is 44.5 Å². The minimum absolute atomic E-state index is 0.0228. The number of halogens is 1. The molecule has 0 fully saturated rings. The zero-order chi connectivity index (χ0) is 14.0. The van der Waals surface area contributed by atoms with E-state index in [0.717, 1.165) is 5.56 Å². The largest absolute Gasteiger partial charge is 0.294 e. The lowest BCUT2D eigenvalue weighted by molar-refractivity contribution is 0.0989. The monoisotopic (exact) mass is 277 g/mol. The highest BCUT2D eigenvalue weighted by molar-refractivity contribution is 6.31. The van der Waals surface area contributed by atoms with E-state index in [1.54, 1.807) is 22.9 Å². The van der Waals surface area contributed by atoms with Crippen molar-refractivity contribution in [3.05, 3.63) is 46.5 Å². The second kappa shape index (κ2) is 5.53. The number of hydrogen-bond acceptors (Lipinski definition) is 3. The molecule has 2 rings (SSSR count). The molecule has 0 saturated heterocycles. The summed E-state index contributed by atoms with van der Waals surface area (Å²) in [4.78, 5) is 16.4. The summed E-state index contributed by atoms with van der Waals surface area (Å²) < 4.78 is 1.76. The average molecular weight is 278 g/mol. The first-order chi connectivity index (χ1) is 8.99. The fourth-order valence-electron chi connectivity index (χ4n) is 1.90. The van der Waals surface area contributed by atoms with Crippen LogP contribution in [0, 0.1) is 6.92 Å². The first kappa shape index (κ1) is 13.7. The van der Waals surface area contributed by atoms with Crippen LogP contribution >= 0.6 is 11.6 Å². The quantitative estimate of drug-likeness (QED) is 0.806. The maximum atomic E-state index is 12.2. The van der Waals surface area contributed by atoms with Gasteiger partial charge in [0.25, 0.3) is 0 Å². The number of benzene rings is 1. The summed E-state index contributed by atoms with van der Waals surface area (Å²) in [5.41, 5.74) is 1.55. The van der Waals surface area contributed by atoms with E-state index in [1.165, 1.54) is 6.33 Å². The maximum Gasteiger partial charge on any atom is 0.170 e. The van der Waals surface area contributed by atoms with Crippen LogP contribution in [0.1, 0.15) is 41.6 Å². The van der Waals surface area contributed by atoms with E-state index >= 15 is 0 Å². The van der Waals surface area contributed by atoms with Crippen molar-refractivity contribution in [2.75, 3.05) is 0 Å². The topological polar surface area (TPSA) is 47.8 Å². The molecule has 0 spiro atoms. The molecule has 5 heteroatoms. The van der Waals surface area contributed by atoms with Crippen molar-refractivity contribution in [1.29, 1.82) is 0 Å². The van der Waals surface area contributed by atoms with Crippen molar-refractivity contribution in [2.45, 2.75) is 33.2 Å². The van der Waals surface area contributed by atoms with Gasteiger partial charge in [0.2, 0.25) is 0 Å². The number of aromatic nitrogens is 3. The van der Waals surface area contributed by atoms with Crippen LogP contribution in [0.15, 0.2) is 24.5 Å². The number of carbonyl (C=O) groups is 1. The third kappa shape index (κ3) is 3.01. The molecule has 0 unspecified atom stereocenters. The molecule has 2 aromatic rings. The van der Waals surface area contributed by atoms with E-state index in [9.17, 15) is 4.79 Å². The highest BCUT2D eigenvalue weighted by Crippen LogP contribution is 2.17. The van der Waals surface area contributed by atoms with Gasteiger partial charge in [0.15, 0.2) is 5.78 Å². The van der Waals surface area contributed by atoms with Gasteiger partial charge in [0.05, 0.1) is 6.42 Å². The molecular weight excluding hydrogens is 262 g/mol. The van der Waals surface area contributed by atoms with Crippen LogP contribution in [0.25, 0.3) is 0 Å². The van der Waals surface area contributed by atoms with E-state index < -0.39 is 0 Å². The molecule has 1 aromatic carbocycles. The second-order valence-electron chi connectivity index (χ2n) is 4.78. The smallest absolute Gasteiger partial charge is 0.170 e. The Hall–Kier alpha value is -1.68. The van der Waals surface area contributed by atoms with Crippen molar-refractivity contribution in [3.8, 4) is 0 Å². The zero-order valence-electron chi connectivity index (χ0n) is 11.2. The molecule has 1 heterocycles. The van der Waals surface area contributed by atoms with Crippen molar-refractivity contribution in [3.63, 3.8) is 0 Å². The van der Waals surface area contributed by atoms with E-state index in [0.29, 0.717) is 16.4 Å². The predicted octanol–water partition coefficient (Wildman–Crippen LogP) is 3.25. The van der Waals surface area contributed by atoms with Crippen LogP contribution in [0.2, 0.25) is 5.02 Å². The van der Waals surface area contributed by atoms with Crippen LogP contribution < -0.4 is 0 Å². The predicted molar refractivity (Wildman–Crippen MR) is 74.6 cm³/mol. The zero-order valence-corrected chi connectivity index (χ0v) is 12.0. The summed E-state index contributed by atoms with van der Waals surface area (Å²) in [6, 6.07) is 5.49. The third-order valence-electron chi connectivity index (χ3n) is 2.93. The molecule has 1 aromatic heterocycles. The highest BCUT2D eigenvalue weighted by atomic mass is 35.5. The highest BCUT2D eigenvalue weighted by Gasteiger charge is 2.14. The Labute approximate surface area is 117 Å². The standard InChI is InChI=1S/C14H16ClN3O/c1-9(2)18-14(16-8-17-18)7-13(19)11-4-5-12(15)10(3)6-11/h4-6,8-9H,7H2,1-3H3. The fourth-order valence-corrected chi connectivity index (χ4v) is 2.01. The van der Waals surface area contributed by atoms with Crippen molar-refractivity contribution in [2.24, 2.45) is 0 Å². The number of rotatable bonds is 4. The SMILES string of the molecule is Cc1cc(C(=O)Cc2ncnn2C(C)C)ccc1Cl. The molecule has 0 aliphatic rings. The molecule has 100 valence electrons. The third-order valence-corrected chi connectivity index (χ3v) is 3.36. The molecule has 4 nitrogen and oxygen atoms in total. The lowest BCUT2D eigenvalue weighted by Gasteiger charge is -2.09. The maximum absolute atomic E-state index is 12.2. The van der Waals surface area contributed by atoms with Gasteiger partial charge in [-0.3, -0.25) is 4.79 Å². The van der Waals surface area contributed by atoms with E-state index in [4.69, 9.17) is 11.6 Å². The number of hydrogen-bond donors (Lipinski definition) is 0. The lowest BCUT2D eigenvalue weighted by atomic mass is 10.1. The Morgan fingerprint density at radius 1 is 1.42 bits per heavy atom. The van der Waals surface area contributed by atoms with Crippen LogP contribution in [0.4, 0.5) is 0 Å². The van der Waals surface area contributed by atoms with Crippen LogP contribution in [-0.4, -0.2) is 20.5 Å². The number of aryl methyl sites for hydroxylation is 1. The Morgan fingerprint density at radius 3 is 2.79 bits per heavy atom. The van der Waals surface area contributed by atoms with Crippen LogP contribution in [0.3, 0.4) is 0 Å². The molecule has 0 amide bonds. The molecule has 19 heavy (non-hydrogen) atoms. The molecule has 0 radical (unpaired) electrons. The van der Waals surface area contributed by atoms with Crippen molar-refractivity contribution < 1.29 is 4.79 Å². The van der Waals surface area contributed by atoms with Gasteiger partial charge in [-0.25, -0.2) is 9.67 Å².